The Kier molecular flexibility index (Phi) is 4.07. The van der Waals surface area contributed by atoms with Gasteiger partial charge >= 0.3 is 6.18 Å². The van der Waals surface area contributed by atoms with Crippen molar-refractivity contribution < 1.29 is 22.7 Å². The summed E-state index contributed by atoms with van der Waals surface area (Å²) in [5.74, 6) is 1.05. The summed E-state index contributed by atoms with van der Waals surface area (Å²) < 4.78 is 43.2. The van der Waals surface area contributed by atoms with Gasteiger partial charge in [-0.1, -0.05) is 0 Å². The second-order valence-corrected chi connectivity index (χ2v) is 5.55. The number of aldehydes is 1. The normalized spacial score (nSPS) is 14.6. The van der Waals surface area contributed by atoms with Crippen LogP contribution in [0, 0.1) is 5.92 Å². The highest BCUT2D eigenvalue weighted by molar-refractivity contribution is 5.82. The number of alkyl halides is 3. The van der Waals surface area contributed by atoms with Crippen LogP contribution in [0.4, 0.5) is 13.2 Å². The summed E-state index contributed by atoms with van der Waals surface area (Å²) in [6.07, 6.45) is -0.669. The molecule has 1 heterocycles. The van der Waals surface area contributed by atoms with E-state index in [0.717, 1.165) is 25.1 Å². The number of benzene rings is 1. The summed E-state index contributed by atoms with van der Waals surface area (Å²) in [6, 6.07) is 7.17. The lowest BCUT2D eigenvalue weighted by molar-refractivity contribution is -0.137. The van der Waals surface area contributed by atoms with Crippen LogP contribution < -0.4 is 4.74 Å². The van der Waals surface area contributed by atoms with Gasteiger partial charge in [-0.3, -0.25) is 9.78 Å². The van der Waals surface area contributed by atoms with Gasteiger partial charge in [0.15, 0.2) is 6.29 Å². The summed E-state index contributed by atoms with van der Waals surface area (Å²) in [6.45, 7) is 0.582. The van der Waals surface area contributed by atoms with Crippen molar-refractivity contribution in [1.82, 2.24) is 4.98 Å². The second kappa shape index (κ2) is 6.02. The predicted octanol–water partition coefficient (Wildman–Crippen LogP) is 4.37. The minimum absolute atomic E-state index is 0.366. The zero-order chi connectivity index (χ0) is 16.4. The van der Waals surface area contributed by atoms with E-state index >= 15 is 0 Å². The second-order valence-electron chi connectivity index (χ2n) is 5.55. The molecule has 0 aliphatic heterocycles. The highest BCUT2D eigenvalue weighted by Gasteiger charge is 2.30. The molecule has 0 unspecified atom stereocenters. The van der Waals surface area contributed by atoms with Crippen LogP contribution in [-0.2, 0) is 6.18 Å². The van der Waals surface area contributed by atoms with E-state index < -0.39 is 11.7 Å². The van der Waals surface area contributed by atoms with Crippen molar-refractivity contribution in [2.45, 2.75) is 19.0 Å². The number of hydrogen-bond donors (Lipinski definition) is 0. The molecule has 0 amide bonds. The molecule has 1 aliphatic rings. The first-order valence-electron chi connectivity index (χ1n) is 7.23. The fourth-order valence-electron chi connectivity index (χ4n) is 2.16. The summed E-state index contributed by atoms with van der Waals surface area (Å²) >= 11 is 0. The maximum atomic E-state index is 12.5. The molecule has 23 heavy (non-hydrogen) atoms. The number of nitrogens with zero attached hydrogens (tertiary/aromatic N) is 1. The molecular formula is C17H14F3NO2. The summed E-state index contributed by atoms with van der Waals surface area (Å²) in [5, 5.41) is 0. The molecule has 0 atom stereocenters. The number of hydrogen-bond acceptors (Lipinski definition) is 3. The Morgan fingerprint density at radius 1 is 1.22 bits per heavy atom. The topological polar surface area (TPSA) is 39.2 Å². The van der Waals surface area contributed by atoms with Crippen LogP contribution in [0.25, 0.3) is 11.3 Å². The summed E-state index contributed by atoms with van der Waals surface area (Å²) in [4.78, 5) is 15.0. The van der Waals surface area contributed by atoms with E-state index in [1.807, 2.05) is 0 Å². The number of rotatable bonds is 5. The summed E-state index contributed by atoms with van der Waals surface area (Å²) in [5.41, 5.74) is 0.500. The molecule has 0 bridgehead atoms. The van der Waals surface area contributed by atoms with Gasteiger partial charge in [0.1, 0.15) is 5.75 Å². The van der Waals surface area contributed by atoms with E-state index in [1.54, 1.807) is 18.2 Å². The van der Waals surface area contributed by atoms with Gasteiger partial charge in [0.2, 0.25) is 0 Å². The fraction of sp³-hybridized carbons (Fsp3) is 0.294. The molecule has 1 aromatic carbocycles. The minimum Gasteiger partial charge on any atom is -0.493 e. The van der Waals surface area contributed by atoms with Gasteiger partial charge in [0.25, 0.3) is 0 Å². The molecule has 3 nitrogen and oxygen atoms in total. The van der Waals surface area contributed by atoms with Crippen LogP contribution >= 0.6 is 0 Å². The van der Waals surface area contributed by atoms with Crippen molar-refractivity contribution >= 4 is 6.29 Å². The Labute approximate surface area is 131 Å². The third-order valence-electron chi connectivity index (χ3n) is 3.69. The quantitative estimate of drug-likeness (QED) is 0.768. The predicted molar refractivity (Wildman–Crippen MR) is 78.3 cm³/mol. The SMILES string of the molecule is O=Cc1cc(-c2ccc(C(F)(F)F)cn2)ccc1OCC1CC1. The molecule has 0 N–H and O–H groups in total. The Morgan fingerprint density at radius 3 is 2.57 bits per heavy atom. The van der Waals surface area contributed by atoms with Crippen LogP contribution in [0.2, 0.25) is 0 Å². The molecule has 0 radical (unpaired) electrons. The molecular weight excluding hydrogens is 307 g/mol. The molecule has 0 saturated heterocycles. The van der Waals surface area contributed by atoms with Crippen LogP contribution in [0.3, 0.4) is 0 Å². The van der Waals surface area contributed by atoms with Gasteiger partial charge in [-0.15, -0.1) is 0 Å². The summed E-state index contributed by atoms with van der Waals surface area (Å²) in [7, 11) is 0. The third kappa shape index (κ3) is 3.70. The van der Waals surface area contributed by atoms with Gasteiger partial charge in [-0.05, 0) is 49.1 Å². The first-order valence-corrected chi connectivity index (χ1v) is 7.23. The standard InChI is InChI=1S/C17H14F3NO2/c18-17(19,20)14-4-5-15(21-8-14)12-3-6-16(13(7-12)9-22)23-10-11-1-2-11/h3-9,11H,1-2,10H2. The Balaban J connectivity index is 1.83. The van der Waals surface area contributed by atoms with E-state index in [9.17, 15) is 18.0 Å². The minimum atomic E-state index is -4.42. The lowest BCUT2D eigenvalue weighted by Crippen LogP contribution is -2.05. The molecule has 1 fully saturated rings. The Morgan fingerprint density at radius 2 is 2.00 bits per heavy atom. The monoisotopic (exact) mass is 321 g/mol. The van der Waals surface area contributed by atoms with Gasteiger partial charge in [-0.25, -0.2) is 0 Å². The number of ether oxygens (including phenoxy) is 1. The maximum absolute atomic E-state index is 12.5. The number of carbonyl (C=O) groups is 1. The van der Waals surface area contributed by atoms with Crippen LogP contribution in [0.1, 0.15) is 28.8 Å². The largest absolute Gasteiger partial charge is 0.493 e. The van der Waals surface area contributed by atoms with E-state index in [-0.39, 0.29) is 0 Å². The average Bonchev–Trinajstić information content (AvgIpc) is 3.36. The molecule has 2 aromatic rings. The van der Waals surface area contributed by atoms with Gasteiger partial charge < -0.3 is 4.74 Å². The van der Waals surface area contributed by atoms with E-state index in [0.29, 0.717) is 41.4 Å². The van der Waals surface area contributed by atoms with Gasteiger partial charge in [-0.2, -0.15) is 13.2 Å². The Hall–Kier alpha value is -2.37. The van der Waals surface area contributed by atoms with Crippen molar-refractivity contribution in [3.8, 4) is 17.0 Å². The van der Waals surface area contributed by atoms with Crippen LogP contribution in [0.5, 0.6) is 5.75 Å². The van der Waals surface area contributed by atoms with Gasteiger partial charge in [0, 0.05) is 11.8 Å². The Bertz CT molecular complexity index is 707. The van der Waals surface area contributed by atoms with Crippen LogP contribution in [0.15, 0.2) is 36.5 Å². The number of pyridine rings is 1. The molecule has 0 spiro atoms. The van der Waals surface area contributed by atoms with Crippen molar-refractivity contribution in [1.29, 1.82) is 0 Å². The van der Waals surface area contributed by atoms with Crippen molar-refractivity contribution in [2.75, 3.05) is 6.61 Å². The average molecular weight is 321 g/mol. The zero-order valence-electron chi connectivity index (χ0n) is 12.1. The fourth-order valence-corrected chi connectivity index (χ4v) is 2.16. The number of carbonyl (C=O) groups excluding carboxylic acids is 1. The molecule has 1 saturated carbocycles. The third-order valence-corrected chi connectivity index (χ3v) is 3.69. The number of aromatic nitrogens is 1. The molecule has 120 valence electrons. The molecule has 1 aromatic heterocycles. The lowest BCUT2D eigenvalue weighted by atomic mass is 10.1. The van der Waals surface area contributed by atoms with Crippen LogP contribution in [-0.4, -0.2) is 17.9 Å². The van der Waals surface area contributed by atoms with Gasteiger partial charge in [0.05, 0.1) is 23.4 Å². The molecule has 1 aliphatic carbocycles. The zero-order valence-corrected chi connectivity index (χ0v) is 12.1. The first-order chi connectivity index (χ1) is 11.0. The smallest absolute Gasteiger partial charge is 0.417 e. The number of halogens is 3. The van der Waals surface area contributed by atoms with E-state index in [2.05, 4.69) is 4.98 Å². The highest BCUT2D eigenvalue weighted by Crippen LogP contribution is 2.32. The van der Waals surface area contributed by atoms with E-state index in [1.165, 1.54) is 6.07 Å². The lowest BCUT2D eigenvalue weighted by Gasteiger charge is -2.10. The maximum Gasteiger partial charge on any atom is 0.417 e. The molecule has 6 heteroatoms. The molecule has 3 rings (SSSR count). The van der Waals surface area contributed by atoms with Crippen molar-refractivity contribution in [3.63, 3.8) is 0 Å². The van der Waals surface area contributed by atoms with Crippen molar-refractivity contribution in [3.05, 3.63) is 47.7 Å². The van der Waals surface area contributed by atoms with Crippen molar-refractivity contribution in [2.24, 2.45) is 5.92 Å². The highest BCUT2D eigenvalue weighted by atomic mass is 19.4. The van der Waals surface area contributed by atoms with E-state index in [4.69, 9.17) is 4.74 Å². The first kappa shape index (κ1) is 15.5.